The third-order valence-electron chi connectivity index (χ3n) is 13.9. The number of carbonyl (C=O) groups is 4. The van der Waals surface area contributed by atoms with Gasteiger partial charge in [-0.2, -0.15) is 0 Å². The van der Waals surface area contributed by atoms with Crippen LogP contribution in [0.15, 0.2) is 125 Å². The number of anilines is 1. The second-order valence-corrected chi connectivity index (χ2v) is 19.5. The number of aromatic nitrogens is 1. The van der Waals surface area contributed by atoms with Crippen molar-refractivity contribution in [3.8, 4) is 11.1 Å². The number of aliphatic imine (C=N–C) groups is 1. The molecule has 2 fully saturated rings. The number of nitrogens with one attached hydrogen (secondary N) is 3. The molecule has 2 heterocycles. The van der Waals surface area contributed by atoms with Gasteiger partial charge in [0.1, 0.15) is 35.0 Å². The molecule has 346 valence electrons. The number of ether oxygens (including phenoxy) is 2. The zero-order chi connectivity index (χ0) is 47.5. The molecule has 10 heteroatoms. The fourth-order valence-electron chi connectivity index (χ4n) is 11.0. The summed E-state index contributed by atoms with van der Waals surface area (Å²) in [5, 5.41) is 6.06. The number of nitrogens with zero attached hydrogens (tertiary/aromatic N) is 1. The summed E-state index contributed by atoms with van der Waals surface area (Å²) in [5.74, 6) is -0.345. The predicted molar refractivity (Wildman–Crippen MR) is 265 cm³/mol. The predicted octanol–water partition coefficient (Wildman–Crippen LogP) is 12.0. The molecule has 1 aromatic heterocycles. The number of aryl methyl sites for hydroxylation is 2. The van der Waals surface area contributed by atoms with Crippen LogP contribution >= 0.6 is 0 Å². The van der Waals surface area contributed by atoms with E-state index in [-0.39, 0.29) is 58.7 Å². The Morgan fingerprint density at radius 1 is 0.582 bits per heavy atom. The summed E-state index contributed by atoms with van der Waals surface area (Å²) in [6.45, 7) is 16.7. The minimum atomic E-state index is -0.598. The van der Waals surface area contributed by atoms with Crippen LogP contribution < -0.4 is 10.6 Å². The Morgan fingerprint density at radius 2 is 1.03 bits per heavy atom. The molecule has 10 nitrogen and oxygen atoms in total. The maximum absolute atomic E-state index is 15.0. The van der Waals surface area contributed by atoms with Crippen LogP contribution in [0.2, 0.25) is 0 Å². The molecule has 0 radical (unpaired) electrons. The number of rotatable bonds is 10. The SMILES string of the molecule is Cc1ccccc1C(=O)NC1=N/C(=C\c2[nH]c(NC(=O)c3ccccc3C)c(C(=O)OC3C(C)CC(C)CC3C)c2-c2ccccc2)C(c2ccccc2)=C1C(=O)OC1C(C)CC(C)CC1C. The lowest BCUT2D eigenvalue weighted by Gasteiger charge is -2.37. The van der Waals surface area contributed by atoms with E-state index in [2.05, 4.69) is 57.2 Å². The molecule has 1 aliphatic heterocycles. The summed E-state index contributed by atoms with van der Waals surface area (Å²) in [6.07, 6.45) is 4.76. The highest BCUT2D eigenvalue weighted by Gasteiger charge is 2.40. The average Bonchev–Trinajstić information content (AvgIpc) is 3.83. The van der Waals surface area contributed by atoms with Gasteiger partial charge in [-0.05, 0) is 116 Å². The van der Waals surface area contributed by atoms with Crippen molar-refractivity contribution in [2.24, 2.45) is 40.5 Å². The van der Waals surface area contributed by atoms with Crippen molar-refractivity contribution in [2.45, 2.75) is 93.3 Å². The highest BCUT2D eigenvalue weighted by molar-refractivity contribution is 6.32. The number of amides is 2. The van der Waals surface area contributed by atoms with Crippen molar-refractivity contribution in [1.29, 1.82) is 0 Å². The topological polar surface area (TPSA) is 139 Å². The summed E-state index contributed by atoms with van der Waals surface area (Å²) >= 11 is 0. The first-order valence-electron chi connectivity index (χ1n) is 23.8. The van der Waals surface area contributed by atoms with E-state index in [0.717, 1.165) is 36.8 Å². The van der Waals surface area contributed by atoms with E-state index < -0.39 is 23.8 Å². The Balaban J connectivity index is 1.34. The number of amidine groups is 1. The smallest absolute Gasteiger partial charge is 0.342 e. The number of benzene rings is 4. The molecular weight excluding hydrogens is 837 g/mol. The average molecular weight is 899 g/mol. The van der Waals surface area contributed by atoms with E-state index in [0.29, 0.717) is 56.6 Å². The Morgan fingerprint density at radius 3 is 1.54 bits per heavy atom. The van der Waals surface area contributed by atoms with Crippen molar-refractivity contribution in [1.82, 2.24) is 10.3 Å². The Kier molecular flexibility index (Phi) is 13.9. The molecule has 3 N–H and O–H groups in total. The zero-order valence-corrected chi connectivity index (χ0v) is 39.8. The molecule has 3 aliphatic rings. The Labute approximate surface area is 394 Å². The molecule has 8 rings (SSSR count). The monoisotopic (exact) mass is 898 g/mol. The van der Waals surface area contributed by atoms with Crippen LogP contribution in [0.4, 0.5) is 5.82 Å². The molecule has 0 spiro atoms. The summed E-state index contributed by atoms with van der Waals surface area (Å²) in [4.78, 5) is 66.9. The minimum absolute atomic E-state index is 0.0443. The van der Waals surface area contributed by atoms with Crippen molar-refractivity contribution < 1.29 is 28.7 Å². The molecule has 0 saturated heterocycles. The standard InChI is InChI=1S/C57H62N4O6/c1-32-27-36(5)50(37(6)28-32)66-56(64)48-46(40-21-11-9-12-22-40)44(58-52(48)60-54(62)42-25-17-15-19-34(42)3)31-45-47(41-23-13-10-14-24-41)49(57(65)67-51-38(7)29-33(2)30-39(51)8)53(59-45)61-55(63)43-26-18-16-20-35(43)4/h9-26,31-33,36-39,50-51,58H,27-30H2,1-8H3,(H,60,62)(H,59,61,63)/b45-31-. The summed E-state index contributed by atoms with van der Waals surface area (Å²) in [6, 6.07) is 33.4. The van der Waals surface area contributed by atoms with Crippen molar-refractivity contribution in [3.63, 3.8) is 0 Å². The van der Waals surface area contributed by atoms with Crippen LogP contribution in [-0.4, -0.2) is 46.8 Å². The van der Waals surface area contributed by atoms with Crippen molar-refractivity contribution >= 4 is 47.1 Å². The number of allylic oxidation sites excluding steroid dienone is 1. The Bertz CT molecular complexity index is 2740. The van der Waals surface area contributed by atoms with E-state index >= 15 is 4.79 Å². The van der Waals surface area contributed by atoms with Gasteiger partial charge in [0, 0.05) is 22.3 Å². The van der Waals surface area contributed by atoms with E-state index in [4.69, 9.17) is 14.5 Å². The number of carbonyl (C=O) groups excluding carboxylic acids is 4. The van der Waals surface area contributed by atoms with Crippen LogP contribution in [-0.2, 0) is 14.3 Å². The molecule has 4 aromatic carbocycles. The van der Waals surface area contributed by atoms with Gasteiger partial charge >= 0.3 is 11.9 Å². The normalized spacial score (nSPS) is 24.5. The van der Waals surface area contributed by atoms with Crippen molar-refractivity contribution in [2.75, 3.05) is 5.32 Å². The van der Waals surface area contributed by atoms with Crippen molar-refractivity contribution in [3.05, 3.63) is 160 Å². The van der Waals surface area contributed by atoms with Gasteiger partial charge in [-0.1, -0.05) is 139 Å². The number of hydrogen-bond acceptors (Lipinski definition) is 7. The van der Waals surface area contributed by atoms with E-state index in [1.807, 2.05) is 98.8 Å². The molecular formula is C57H62N4O6. The first kappa shape index (κ1) is 46.7. The highest BCUT2D eigenvalue weighted by Crippen LogP contribution is 2.43. The van der Waals surface area contributed by atoms with Crippen LogP contribution in [0.5, 0.6) is 0 Å². The molecule has 2 saturated carbocycles. The second-order valence-electron chi connectivity index (χ2n) is 19.5. The molecule has 5 aromatic rings. The second kappa shape index (κ2) is 20.0. The fourth-order valence-corrected chi connectivity index (χ4v) is 11.0. The minimum Gasteiger partial charge on any atom is -0.458 e. The molecule has 4 atom stereocenters. The first-order valence-corrected chi connectivity index (χ1v) is 23.8. The van der Waals surface area contributed by atoms with Gasteiger partial charge in [-0.15, -0.1) is 0 Å². The van der Waals surface area contributed by atoms with Gasteiger partial charge in [-0.3, -0.25) is 9.59 Å². The maximum atomic E-state index is 15.0. The highest BCUT2D eigenvalue weighted by atomic mass is 16.5. The first-order chi connectivity index (χ1) is 32.2. The number of esters is 2. The van der Waals surface area contributed by atoms with Crippen LogP contribution in [0.1, 0.15) is 121 Å². The van der Waals surface area contributed by atoms with Crippen LogP contribution in [0.25, 0.3) is 22.8 Å². The van der Waals surface area contributed by atoms with Gasteiger partial charge in [0.15, 0.2) is 0 Å². The third kappa shape index (κ3) is 9.99. The zero-order valence-electron chi connectivity index (χ0n) is 39.8. The number of hydrogen-bond donors (Lipinski definition) is 3. The molecule has 2 aliphatic carbocycles. The van der Waals surface area contributed by atoms with E-state index in [1.165, 1.54) is 0 Å². The summed E-state index contributed by atoms with van der Waals surface area (Å²) in [7, 11) is 0. The number of H-pyrrole nitrogens is 1. The largest absolute Gasteiger partial charge is 0.458 e. The van der Waals surface area contributed by atoms with Gasteiger partial charge < -0.3 is 25.1 Å². The quantitative estimate of drug-likeness (QED) is 0.119. The van der Waals surface area contributed by atoms with Gasteiger partial charge in [-0.25, -0.2) is 14.6 Å². The molecule has 67 heavy (non-hydrogen) atoms. The Hall–Kier alpha value is -6.81. The van der Waals surface area contributed by atoms with E-state index in [9.17, 15) is 14.4 Å². The lowest BCUT2D eigenvalue weighted by molar-refractivity contribution is -0.152. The summed E-state index contributed by atoms with van der Waals surface area (Å²) in [5.41, 5.74) is 5.71. The fraction of sp³-hybridized carbons (Fsp3) is 0.351. The van der Waals surface area contributed by atoms with Gasteiger partial charge in [0.25, 0.3) is 11.8 Å². The maximum Gasteiger partial charge on any atom is 0.342 e. The van der Waals surface area contributed by atoms with E-state index in [1.54, 1.807) is 30.3 Å². The lowest BCUT2D eigenvalue weighted by atomic mass is 9.75. The molecule has 2 amide bonds. The van der Waals surface area contributed by atoms with Crippen LogP contribution in [0, 0.1) is 49.4 Å². The lowest BCUT2D eigenvalue weighted by Crippen LogP contribution is -2.40. The van der Waals surface area contributed by atoms with Gasteiger partial charge in [0.05, 0.1) is 11.4 Å². The molecule has 4 unspecified atom stereocenters. The third-order valence-corrected chi connectivity index (χ3v) is 13.9. The van der Waals surface area contributed by atoms with Gasteiger partial charge in [0.2, 0.25) is 0 Å². The summed E-state index contributed by atoms with van der Waals surface area (Å²) < 4.78 is 13.0. The number of aromatic amines is 1. The van der Waals surface area contributed by atoms with Crippen LogP contribution in [0.3, 0.4) is 0 Å². The molecule has 0 bridgehead atoms.